The number of rotatable bonds is 7. The lowest BCUT2D eigenvalue weighted by molar-refractivity contribution is -0.384. The number of nitrogens with zero attached hydrogens (tertiary/aromatic N) is 1. The average molecular weight is 605 g/mol. The average Bonchev–Trinajstić information content (AvgIpc) is 2.73. The summed E-state index contributed by atoms with van der Waals surface area (Å²) in [6.45, 7) is 0. The van der Waals surface area contributed by atoms with Gasteiger partial charge in [0, 0.05) is 27.7 Å². The second-order valence-corrected chi connectivity index (χ2v) is 7.57. The Balaban J connectivity index is 2.72. The van der Waals surface area contributed by atoms with Crippen molar-refractivity contribution in [3.8, 4) is 5.75 Å². The van der Waals surface area contributed by atoms with Crippen molar-refractivity contribution in [2.24, 2.45) is 0 Å². The summed E-state index contributed by atoms with van der Waals surface area (Å²) in [5.74, 6) is -3.34. The van der Waals surface area contributed by atoms with Gasteiger partial charge in [0.2, 0.25) is 0 Å². The maximum Gasteiger partial charge on any atom is 0.461 e. The van der Waals surface area contributed by atoms with Gasteiger partial charge in [0.25, 0.3) is 11.6 Å². The highest BCUT2D eigenvalue weighted by Gasteiger charge is 2.73. The van der Waals surface area contributed by atoms with Crippen LogP contribution in [0.3, 0.4) is 0 Å². The van der Waals surface area contributed by atoms with Gasteiger partial charge in [-0.05, 0) is 34.1 Å². The van der Waals surface area contributed by atoms with Gasteiger partial charge in [-0.15, -0.1) is 0 Å². The molecule has 0 radical (unpaired) electrons. The number of nitrogens with one attached hydrogen (secondary N) is 1. The van der Waals surface area contributed by atoms with Crippen LogP contribution in [0.1, 0.15) is 15.9 Å². The molecule has 18 heteroatoms. The van der Waals surface area contributed by atoms with Crippen LogP contribution in [0.25, 0.3) is 0 Å². The van der Waals surface area contributed by atoms with E-state index in [4.69, 9.17) is 0 Å². The number of nitro benzene ring substituents is 1. The van der Waals surface area contributed by atoms with Crippen molar-refractivity contribution in [1.82, 2.24) is 0 Å². The third-order valence-corrected chi connectivity index (χ3v) is 4.92. The highest BCUT2D eigenvalue weighted by Crippen LogP contribution is 2.55. The number of nitro groups is 1. The summed E-state index contributed by atoms with van der Waals surface area (Å²) < 4.78 is 148. The predicted molar refractivity (Wildman–Crippen MR) is 102 cm³/mol. The molecule has 0 aliphatic heterocycles. The summed E-state index contributed by atoms with van der Waals surface area (Å²) in [6.07, 6.45) is -23.6. The van der Waals surface area contributed by atoms with E-state index in [1.165, 1.54) is 0 Å². The molecule has 2 aromatic carbocycles. The number of anilines is 1. The van der Waals surface area contributed by atoms with Crippen LogP contribution >= 0.6 is 15.9 Å². The lowest BCUT2D eigenvalue weighted by atomic mass is 9.93. The number of hydrogen-bond donors (Lipinski definition) is 1. The van der Waals surface area contributed by atoms with Gasteiger partial charge < -0.3 is 10.1 Å². The molecule has 0 atom stereocenters. The topological polar surface area (TPSA) is 81.5 Å². The number of alkyl halides is 11. The minimum atomic E-state index is -6.71. The SMILES string of the molecule is O=C(Nc1c(Br)cc(C(F)(C(F)(F)F)C(F)(F)F)cc1OC(F)(F)C(F)F)c1cccc([N+](=O)[O-])c1. The van der Waals surface area contributed by atoms with E-state index in [1.807, 2.05) is 0 Å². The third-order valence-electron chi connectivity index (χ3n) is 4.29. The number of benzene rings is 2. The number of halogens is 12. The van der Waals surface area contributed by atoms with Crippen molar-refractivity contribution in [3.63, 3.8) is 0 Å². The fraction of sp³-hybridized carbons (Fsp3) is 0.278. The fourth-order valence-corrected chi connectivity index (χ4v) is 3.15. The van der Waals surface area contributed by atoms with E-state index in [9.17, 15) is 63.2 Å². The zero-order chi connectivity index (χ0) is 27.9. The smallest absolute Gasteiger partial charge is 0.426 e. The quantitative estimate of drug-likeness (QED) is 0.207. The highest BCUT2D eigenvalue weighted by atomic mass is 79.9. The molecule has 6 nitrogen and oxygen atoms in total. The number of non-ortho nitro benzene ring substituents is 1. The zero-order valence-electron chi connectivity index (χ0n) is 16.7. The van der Waals surface area contributed by atoms with E-state index >= 15 is 0 Å². The molecule has 36 heavy (non-hydrogen) atoms. The molecule has 0 saturated carbocycles. The number of hydrogen-bond acceptors (Lipinski definition) is 4. The Labute approximate surface area is 200 Å². The molecule has 1 N–H and O–H groups in total. The van der Waals surface area contributed by atoms with E-state index in [0.29, 0.717) is 6.07 Å². The summed E-state index contributed by atoms with van der Waals surface area (Å²) in [5, 5.41) is 12.5. The molecule has 2 rings (SSSR count). The van der Waals surface area contributed by atoms with Gasteiger partial charge >= 0.3 is 30.6 Å². The molecular formula is C18H8BrF11N2O4. The first-order chi connectivity index (χ1) is 16.2. The van der Waals surface area contributed by atoms with Crippen LogP contribution in [0.2, 0.25) is 0 Å². The van der Waals surface area contributed by atoms with Gasteiger partial charge in [-0.25, -0.2) is 4.39 Å². The number of ether oxygens (including phenoxy) is 1. The van der Waals surface area contributed by atoms with Crippen molar-refractivity contribution in [2.75, 3.05) is 5.32 Å². The van der Waals surface area contributed by atoms with Crippen LogP contribution in [0, 0.1) is 10.1 Å². The first-order valence-electron chi connectivity index (χ1n) is 8.79. The molecule has 0 unspecified atom stereocenters. The summed E-state index contributed by atoms with van der Waals surface area (Å²) >= 11 is 2.37. The molecule has 0 saturated heterocycles. The van der Waals surface area contributed by atoms with Gasteiger partial charge in [0.05, 0.1) is 10.6 Å². The standard InChI is InChI=1S/C18H8BrF11N2O4/c19-10-5-8(15(22,17(25,26)27)18(28,29)30)6-11(36-16(23,24)14(20)21)12(10)31-13(33)7-2-1-3-9(4-7)32(34)35/h1-6,14H,(H,31,33). The first kappa shape index (κ1) is 29.1. The lowest BCUT2D eigenvalue weighted by Crippen LogP contribution is -2.50. The van der Waals surface area contributed by atoms with E-state index in [1.54, 1.807) is 5.32 Å². The Morgan fingerprint density at radius 2 is 1.53 bits per heavy atom. The van der Waals surface area contributed by atoms with E-state index in [2.05, 4.69) is 20.7 Å². The van der Waals surface area contributed by atoms with Gasteiger partial charge in [-0.3, -0.25) is 14.9 Å². The Kier molecular flexibility index (Phi) is 7.83. The van der Waals surface area contributed by atoms with Gasteiger partial charge in [-0.1, -0.05) is 6.07 Å². The summed E-state index contributed by atoms with van der Waals surface area (Å²) in [5.41, 5.74) is -11.0. The molecule has 2 aromatic rings. The molecule has 0 aromatic heterocycles. The Bertz CT molecular complexity index is 1150. The van der Waals surface area contributed by atoms with E-state index in [-0.39, 0.29) is 6.07 Å². The normalized spacial score (nSPS) is 13.0. The van der Waals surface area contributed by atoms with Gasteiger partial charge in [0.1, 0.15) is 0 Å². The molecule has 0 aliphatic rings. The molecular weight excluding hydrogens is 597 g/mol. The van der Waals surface area contributed by atoms with Crippen LogP contribution in [-0.4, -0.2) is 35.7 Å². The zero-order valence-corrected chi connectivity index (χ0v) is 18.2. The summed E-state index contributed by atoms with van der Waals surface area (Å²) in [6, 6.07) is 2.69. The minimum absolute atomic E-state index is 0.197. The second-order valence-electron chi connectivity index (χ2n) is 6.71. The van der Waals surface area contributed by atoms with Crippen molar-refractivity contribution >= 4 is 33.2 Å². The summed E-state index contributed by atoms with van der Waals surface area (Å²) in [7, 11) is 0. The Morgan fingerprint density at radius 3 is 2.00 bits per heavy atom. The van der Waals surface area contributed by atoms with Crippen LogP contribution in [0.15, 0.2) is 40.9 Å². The lowest BCUT2D eigenvalue weighted by Gasteiger charge is -2.31. The van der Waals surface area contributed by atoms with Gasteiger partial charge in [0.15, 0.2) is 5.75 Å². The first-order valence-corrected chi connectivity index (χ1v) is 9.59. The Hall–Kier alpha value is -3.18. The monoisotopic (exact) mass is 604 g/mol. The fourth-order valence-electron chi connectivity index (χ4n) is 2.61. The van der Waals surface area contributed by atoms with Crippen LogP contribution < -0.4 is 10.1 Å². The third kappa shape index (κ3) is 5.62. The van der Waals surface area contributed by atoms with Crippen LogP contribution in [0.4, 0.5) is 59.7 Å². The summed E-state index contributed by atoms with van der Waals surface area (Å²) in [4.78, 5) is 22.3. The van der Waals surface area contributed by atoms with Crippen molar-refractivity contribution < 1.29 is 62.7 Å². The largest absolute Gasteiger partial charge is 0.461 e. The Morgan fingerprint density at radius 1 is 0.972 bits per heavy atom. The number of carbonyl (C=O) groups excluding carboxylic acids is 1. The molecule has 198 valence electrons. The minimum Gasteiger partial charge on any atom is -0.426 e. The molecule has 1 amide bonds. The van der Waals surface area contributed by atoms with E-state index < -0.39 is 80.2 Å². The second kappa shape index (κ2) is 9.70. The predicted octanol–water partition coefficient (Wildman–Crippen LogP) is 7.14. The number of carbonyl (C=O) groups is 1. The molecule has 0 aliphatic carbocycles. The molecule has 0 spiro atoms. The van der Waals surface area contributed by atoms with Crippen LogP contribution in [0.5, 0.6) is 5.75 Å². The van der Waals surface area contributed by atoms with Crippen molar-refractivity contribution in [2.45, 2.75) is 30.6 Å². The molecule has 0 heterocycles. The van der Waals surface area contributed by atoms with Gasteiger partial charge in [-0.2, -0.15) is 43.9 Å². The molecule has 0 fully saturated rings. The maximum atomic E-state index is 14.5. The maximum absolute atomic E-state index is 14.5. The highest BCUT2D eigenvalue weighted by molar-refractivity contribution is 9.10. The van der Waals surface area contributed by atoms with Crippen molar-refractivity contribution in [3.05, 3.63) is 62.1 Å². The number of amides is 1. The van der Waals surface area contributed by atoms with E-state index in [0.717, 1.165) is 18.2 Å². The van der Waals surface area contributed by atoms with Crippen LogP contribution in [-0.2, 0) is 5.67 Å². The molecule has 0 bridgehead atoms. The van der Waals surface area contributed by atoms with Crippen molar-refractivity contribution in [1.29, 1.82) is 0 Å².